The Hall–Kier alpha value is -2.49. The molecule has 9 heteroatoms. The normalized spacial score (nSPS) is 16.3. The predicted octanol–water partition coefficient (Wildman–Crippen LogP) is 2.41. The van der Waals surface area contributed by atoms with Crippen molar-refractivity contribution in [2.24, 2.45) is 0 Å². The van der Waals surface area contributed by atoms with Gasteiger partial charge in [0.2, 0.25) is 0 Å². The van der Waals surface area contributed by atoms with E-state index < -0.39 is 0 Å². The highest BCUT2D eigenvalue weighted by Crippen LogP contribution is 2.28. The Morgan fingerprint density at radius 2 is 2.07 bits per heavy atom. The molecule has 3 heterocycles. The molecule has 4 rings (SSSR count). The highest BCUT2D eigenvalue weighted by Gasteiger charge is 2.16. The van der Waals surface area contributed by atoms with Crippen molar-refractivity contribution in [1.82, 2.24) is 20.3 Å². The minimum Gasteiger partial charge on any atom is -0.375 e. The Balaban J connectivity index is 0.00000240. The zero-order valence-electron chi connectivity index (χ0n) is 16.4. The van der Waals surface area contributed by atoms with Crippen molar-refractivity contribution in [2.75, 3.05) is 50.6 Å². The van der Waals surface area contributed by atoms with Crippen LogP contribution >= 0.6 is 13.5 Å². The number of ether oxygens (including phenoxy) is 1. The first-order chi connectivity index (χ1) is 13.6. The molecule has 29 heavy (non-hydrogen) atoms. The van der Waals surface area contributed by atoms with Crippen molar-refractivity contribution in [1.29, 1.82) is 0 Å². The third-order valence-corrected chi connectivity index (χ3v) is 4.68. The summed E-state index contributed by atoms with van der Waals surface area (Å²) in [5.74, 6) is 0.326. The number of aromatic nitrogens is 3. The van der Waals surface area contributed by atoms with Gasteiger partial charge in [0.1, 0.15) is 11.3 Å². The zero-order valence-corrected chi connectivity index (χ0v) is 17.4. The molecule has 1 aliphatic rings. The lowest BCUT2D eigenvalue weighted by Gasteiger charge is -2.24. The van der Waals surface area contributed by atoms with Crippen LogP contribution in [-0.4, -0.2) is 61.4 Å². The van der Waals surface area contributed by atoms with Crippen LogP contribution in [0.5, 0.6) is 0 Å². The van der Waals surface area contributed by atoms with Crippen molar-refractivity contribution in [3.63, 3.8) is 0 Å². The van der Waals surface area contributed by atoms with Gasteiger partial charge in [-0.1, -0.05) is 6.07 Å². The van der Waals surface area contributed by atoms with Gasteiger partial charge in [-0.2, -0.15) is 13.5 Å². The summed E-state index contributed by atoms with van der Waals surface area (Å²) in [6.07, 6.45) is 3.33. The van der Waals surface area contributed by atoms with E-state index in [1.54, 1.807) is 23.4 Å². The molecule has 7 nitrogen and oxygen atoms in total. The number of anilines is 2. The quantitative estimate of drug-likeness (QED) is 0.662. The van der Waals surface area contributed by atoms with E-state index in [1.165, 1.54) is 6.07 Å². The first kappa shape index (κ1) is 21.2. The first-order valence-corrected chi connectivity index (χ1v) is 9.27. The lowest BCUT2D eigenvalue weighted by Crippen LogP contribution is -2.42. The van der Waals surface area contributed by atoms with Gasteiger partial charge < -0.3 is 20.3 Å². The molecule has 1 fully saturated rings. The van der Waals surface area contributed by atoms with Crippen molar-refractivity contribution in [2.45, 2.75) is 6.10 Å². The van der Waals surface area contributed by atoms with E-state index in [0.29, 0.717) is 46.9 Å². The van der Waals surface area contributed by atoms with Crippen molar-refractivity contribution < 1.29 is 9.13 Å². The van der Waals surface area contributed by atoms with E-state index in [1.807, 2.05) is 26.2 Å². The second-order valence-corrected chi connectivity index (χ2v) is 6.92. The Morgan fingerprint density at radius 3 is 2.79 bits per heavy atom. The lowest BCUT2D eigenvalue weighted by atomic mass is 10.1. The summed E-state index contributed by atoms with van der Waals surface area (Å²) in [4.78, 5) is 15.3. The number of hydrogen-bond acceptors (Lipinski definition) is 7. The Labute approximate surface area is 176 Å². The minimum absolute atomic E-state index is 0. The maximum absolute atomic E-state index is 14.5. The summed E-state index contributed by atoms with van der Waals surface area (Å²) in [5, 5.41) is 6.64. The number of nitrogens with zero attached hydrogens (tertiary/aromatic N) is 4. The van der Waals surface area contributed by atoms with Gasteiger partial charge in [0.05, 0.1) is 29.6 Å². The molecule has 0 spiro atoms. The van der Waals surface area contributed by atoms with Crippen LogP contribution in [0.4, 0.5) is 15.9 Å². The molecular weight excluding hydrogens is 391 g/mol. The highest BCUT2D eigenvalue weighted by atomic mass is 32.1. The van der Waals surface area contributed by atoms with E-state index in [9.17, 15) is 4.39 Å². The first-order valence-electron chi connectivity index (χ1n) is 9.27. The largest absolute Gasteiger partial charge is 0.375 e. The van der Waals surface area contributed by atoms with Crippen LogP contribution in [0.25, 0.3) is 22.3 Å². The Bertz CT molecular complexity index is 980. The van der Waals surface area contributed by atoms with Crippen molar-refractivity contribution in [3.8, 4) is 11.3 Å². The third kappa shape index (κ3) is 4.75. The number of rotatable bonds is 5. The van der Waals surface area contributed by atoms with Crippen LogP contribution in [-0.2, 0) is 4.74 Å². The standard InChI is InChI=1S/C20H23FN6O.H2S/c1-27(2)18-4-3-13(9-15(18)21)16-10-17-19(24-6-5-23-17)20(26-16)25-12-14-11-22-7-8-28-14;/h3-6,9-10,14,22H,7-8,11-12H2,1-2H3,(H,25,26);1H2/t14-;/m0./s1. The van der Waals surface area contributed by atoms with Gasteiger partial charge in [-0.3, -0.25) is 4.98 Å². The molecule has 0 amide bonds. The van der Waals surface area contributed by atoms with Gasteiger partial charge in [-0.05, 0) is 18.2 Å². The summed E-state index contributed by atoms with van der Waals surface area (Å²) >= 11 is 0. The number of morpholine rings is 1. The molecule has 154 valence electrons. The van der Waals surface area contributed by atoms with Gasteiger partial charge in [-0.15, -0.1) is 0 Å². The minimum atomic E-state index is -0.292. The van der Waals surface area contributed by atoms with Crippen molar-refractivity contribution >= 4 is 36.0 Å². The Kier molecular flexibility index (Phi) is 6.83. The molecule has 2 aromatic heterocycles. The number of hydrogen-bond donors (Lipinski definition) is 2. The molecule has 0 aliphatic carbocycles. The molecule has 0 bridgehead atoms. The van der Waals surface area contributed by atoms with Crippen LogP contribution in [0.15, 0.2) is 36.7 Å². The van der Waals surface area contributed by atoms with E-state index in [4.69, 9.17) is 9.72 Å². The number of fused-ring (bicyclic) bond motifs is 1. The number of pyridine rings is 1. The second-order valence-electron chi connectivity index (χ2n) is 6.92. The van der Waals surface area contributed by atoms with Gasteiger partial charge in [0, 0.05) is 51.7 Å². The second kappa shape index (κ2) is 9.34. The smallest absolute Gasteiger partial charge is 0.154 e. The van der Waals surface area contributed by atoms with Crippen LogP contribution < -0.4 is 15.5 Å². The summed E-state index contributed by atoms with van der Waals surface area (Å²) in [6, 6.07) is 6.94. The fourth-order valence-electron chi connectivity index (χ4n) is 3.23. The molecule has 2 N–H and O–H groups in total. The molecule has 0 saturated carbocycles. The molecular formula is C20H25FN6OS. The van der Waals surface area contributed by atoms with Crippen molar-refractivity contribution in [3.05, 3.63) is 42.5 Å². The number of nitrogens with one attached hydrogen (secondary N) is 2. The maximum Gasteiger partial charge on any atom is 0.154 e. The van der Waals surface area contributed by atoms with E-state index in [-0.39, 0.29) is 25.4 Å². The fraction of sp³-hybridized carbons (Fsp3) is 0.350. The summed E-state index contributed by atoms with van der Waals surface area (Å²) in [7, 11) is 3.62. The van der Waals surface area contributed by atoms with Gasteiger partial charge in [-0.25, -0.2) is 14.4 Å². The van der Waals surface area contributed by atoms with Crippen LogP contribution in [0.3, 0.4) is 0 Å². The molecule has 1 aromatic carbocycles. The summed E-state index contributed by atoms with van der Waals surface area (Å²) in [5.41, 5.74) is 3.25. The van der Waals surface area contributed by atoms with E-state index >= 15 is 0 Å². The number of halogens is 1. The molecule has 1 saturated heterocycles. The predicted molar refractivity (Wildman–Crippen MR) is 119 cm³/mol. The topological polar surface area (TPSA) is 75.2 Å². The van der Waals surface area contributed by atoms with Crippen LogP contribution in [0.1, 0.15) is 0 Å². The number of benzene rings is 1. The van der Waals surface area contributed by atoms with Crippen LogP contribution in [0.2, 0.25) is 0 Å². The molecule has 1 aliphatic heterocycles. The average molecular weight is 417 g/mol. The molecule has 0 unspecified atom stereocenters. The van der Waals surface area contributed by atoms with Gasteiger partial charge in [0.15, 0.2) is 5.82 Å². The lowest BCUT2D eigenvalue weighted by molar-refractivity contribution is 0.0372. The summed E-state index contributed by atoms with van der Waals surface area (Å²) < 4.78 is 20.2. The zero-order chi connectivity index (χ0) is 19.5. The SMILES string of the molecule is CN(C)c1ccc(-c2cc3nccnc3c(NC[C@@H]3CNCCO3)n2)cc1F.S. The molecule has 3 aromatic rings. The fourth-order valence-corrected chi connectivity index (χ4v) is 3.23. The molecule has 0 radical (unpaired) electrons. The van der Waals surface area contributed by atoms with Gasteiger partial charge >= 0.3 is 0 Å². The van der Waals surface area contributed by atoms with Gasteiger partial charge in [0.25, 0.3) is 0 Å². The third-order valence-electron chi connectivity index (χ3n) is 4.68. The maximum atomic E-state index is 14.5. The highest BCUT2D eigenvalue weighted by molar-refractivity contribution is 7.59. The summed E-state index contributed by atoms with van der Waals surface area (Å²) in [6.45, 7) is 2.95. The van der Waals surface area contributed by atoms with E-state index in [2.05, 4.69) is 20.6 Å². The van der Waals surface area contributed by atoms with E-state index in [0.717, 1.165) is 13.1 Å². The average Bonchev–Trinajstić information content (AvgIpc) is 2.72. The Morgan fingerprint density at radius 1 is 1.24 bits per heavy atom. The molecule has 1 atom stereocenters. The van der Waals surface area contributed by atoms with Crippen LogP contribution in [0, 0.1) is 5.82 Å². The monoisotopic (exact) mass is 416 g/mol.